The molecule has 0 atom stereocenters. The van der Waals surface area contributed by atoms with Crippen molar-refractivity contribution in [3.63, 3.8) is 0 Å². The fraction of sp³-hybridized carbons (Fsp3) is 0.500. The van der Waals surface area contributed by atoms with Crippen molar-refractivity contribution in [3.8, 4) is 0 Å². The number of piperazine rings is 1. The number of amides is 1. The summed E-state index contributed by atoms with van der Waals surface area (Å²) in [7, 11) is 0. The maximum absolute atomic E-state index is 12.9. The van der Waals surface area contributed by atoms with Crippen molar-refractivity contribution < 1.29 is 4.79 Å². The fourth-order valence-corrected chi connectivity index (χ4v) is 4.20. The molecule has 0 bridgehead atoms. The predicted octanol–water partition coefficient (Wildman–Crippen LogP) is 3.07. The van der Waals surface area contributed by atoms with E-state index in [0.717, 1.165) is 61.2 Å². The quantitative estimate of drug-likeness (QED) is 0.731. The zero-order chi connectivity index (χ0) is 18.5. The van der Waals surface area contributed by atoms with Gasteiger partial charge in [0.25, 0.3) is 5.91 Å². The van der Waals surface area contributed by atoms with Gasteiger partial charge >= 0.3 is 0 Å². The Morgan fingerprint density at radius 2 is 1.85 bits per heavy atom. The summed E-state index contributed by atoms with van der Waals surface area (Å²) < 4.78 is 2.07. The molecule has 0 N–H and O–H groups in total. The van der Waals surface area contributed by atoms with Gasteiger partial charge in [0.1, 0.15) is 0 Å². The van der Waals surface area contributed by atoms with Crippen LogP contribution in [-0.4, -0.2) is 64.0 Å². The SMILES string of the molecule is CCSc1ccccc1C(=O)N1CCN(CCn2nc(C)cc2C)CC1. The Morgan fingerprint density at radius 3 is 2.50 bits per heavy atom. The van der Waals surface area contributed by atoms with Gasteiger partial charge in [0, 0.05) is 43.3 Å². The van der Waals surface area contributed by atoms with Crippen LogP contribution in [-0.2, 0) is 6.54 Å². The van der Waals surface area contributed by atoms with Gasteiger partial charge in [-0.1, -0.05) is 19.1 Å². The molecule has 0 aliphatic carbocycles. The smallest absolute Gasteiger partial charge is 0.255 e. The molecular formula is C20H28N4OS. The van der Waals surface area contributed by atoms with Gasteiger partial charge in [0.2, 0.25) is 0 Å². The van der Waals surface area contributed by atoms with Gasteiger partial charge in [-0.15, -0.1) is 11.8 Å². The van der Waals surface area contributed by atoms with Gasteiger partial charge in [0.15, 0.2) is 0 Å². The van der Waals surface area contributed by atoms with E-state index in [0.29, 0.717) is 0 Å². The number of hydrogen-bond acceptors (Lipinski definition) is 4. The van der Waals surface area contributed by atoms with Crippen molar-refractivity contribution >= 4 is 17.7 Å². The second-order valence-electron chi connectivity index (χ2n) is 6.71. The number of carbonyl (C=O) groups excluding carboxylic acids is 1. The van der Waals surface area contributed by atoms with E-state index in [1.165, 1.54) is 5.69 Å². The van der Waals surface area contributed by atoms with Crippen LogP contribution in [0.3, 0.4) is 0 Å². The van der Waals surface area contributed by atoms with Gasteiger partial charge in [-0.2, -0.15) is 5.10 Å². The van der Waals surface area contributed by atoms with Crippen LogP contribution in [0.4, 0.5) is 0 Å². The standard InChI is InChI=1S/C20H28N4OS/c1-4-26-19-8-6-5-7-18(19)20(25)23-12-9-22(10-13-23)11-14-24-17(3)15-16(2)21-24/h5-8,15H,4,9-14H2,1-3H3. The molecule has 1 aromatic carbocycles. The number of aryl methyl sites for hydroxylation is 2. The van der Waals surface area contributed by atoms with Gasteiger partial charge in [-0.3, -0.25) is 14.4 Å². The molecule has 2 aromatic rings. The highest BCUT2D eigenvalue weighted by Gasteiger charge is 2.23. The number of rotatable bonds is 6. The van der Waals surface area contributed by atoms with Gasteiger partial charge in [-0.05, 0) is 37.8 Å². The maximum Gasteiger partial charge on any atom is 0.255 e. The van der Waals surface area contributed by atoms with Crippen molar-refractivity contribution in [2.24, 2.45) is 0 Å². The lowest BCUT2D eigenvalue weighted by atomic mass is 10.2. The number of thioether (sulfide) groups is 1. The minimum absolute atomic E-state index is 0.166. The number of hydrogen-bond donors (Lipinski definition) is 0. The van der Waals surface area contributed by atoms with Crippen LogP contribution in [0.2, 0.25) is 0 Å². The van der Waals surface area contributed by atoms with Gasteiger partial charge in [-0.25, -0.2) is 0 Å². The normalized spacial score (nSPS) is 15.4. The molecule has 1 saturated heterocycles. The monoisotopic (exact) mass is 372 g/mol. The third-order valence-corrected chi connectivity index (χ3v) is 5.76. The summed E-state index contributed by atoms with van der Waals surface area (Å²) in [6.45, 7) is 11.6. The number of benzene rings is 1. The number of nitrogens with zero attached hydrogens (tertiary/aromatic N) is 4. The van der Waals surface area contributed by atoms with Crippen LogP contribution in [0.25, 0.3) is 0 Å². The molecule has 6 heteroatoms. The molecule has 5 nitrogen and oxygen atoms in total. The molecule has 1 aliphatic heterocycles. The summed E-state index contributed by atoms with van der Waals surface area (Å²) in [5, 5.41) is 4.53. The second kappa shape index (κ2) is 8.73. The van der Waals surface area contributed by atoms with Crippen LogP contribution in [0, 0.1) is 13.8 Å². The van der Waals surface area contributed by atoms with E-state index in [-0.39, 0.29) is 5.91 Å². The molecular weight excluding hydrogens is 344 g/mol. The van der Waals surface area contributed by atoms with E-state index in [1.54, 1.807) is 11.8 Å². The summed E-state index contributed by atoms with van der Waals surface area (Å²) >= 11 is 1.74. The van der Waals surface area contributed by atoms with Crippen LogP contribution < -0.4 is 0 Å². The van der Waals surface area contributed by atoms with Crippen LogP contribution in [0.15, 0.2) is 35.2 Å². The van der Waals surface area contributed by atoms with Crippen molar-refractivity contribution in [1.29, 1.82) is 0 Å². The first-order chi connectivity index (χ1) is 12.6. The van der Waals surface area contributed by atoms with Crippen molar-refractivity contribution in [1.82, 2.24) is 19.6 Å². The minimum Gasteiger partial charge on any atom is -0.336 e. The molecule has 0 radical (unpaired) electrons. The molecule has 0 saturated carbocycles. The topological polar surface area (TPSA) is 41.4 Å². The van der Waals surface area contributed by atoms with Crippen molar-refractivity contribution in [2.75, 3.05) is 38.5 Å². The molecule has 140 valence electrons. The summed E-state index contributed by atoms with van der Waals surface area (Å²) in [5.41, 5.74) is 3.12. The second-order valence-corrected chi connectivity index (χ2v) is 8.02. The summed E-state index contributed by atoms with van der Waals surface area (Å²) in [6, 6.07) is 10.1. The molecule has 1 fully saturated rings. The van der Waals surface area contributed by atoms with Crippen molar-refractivity contribution in [3.05, 3.63) is 47.3 Å². The molecule has 0 unspecified atom stereocenters. The largest absolute Gasteiger partial charge is 0.336 e. The highest BCUT2D eigenvalue weighted by molar-refractivity contribution is 7.99. The molecule has 2 heterocycles. The predicted molar refractivity (Wildman–Crippen MR) is 107 cm³/mol. The fourth-order valence-electron chi connectivity index (χ4n) is 3.41. The van der Waals surface area contributed by atoms with E-state index in [2.05, 4.69) is 34.6 Å². The Bertz CT molecular complexity index is 750. The summed E-state index contributed by atoms with van der Waals surface area (Å²) in [4.78, 5) is 18.4. The Labute approximate surface area is 160 Å². The van der Waals surface area contributed by atoms with E-state index < -0.39 is 0 Å². The molecule has 3 rings (SSSR count). The van der Waals surface area contributed by atoms with Crippen molar-refractivity contribution in [2.45, 2.75) is 32.2 Å². The third kappa shape index (κ3) is 4.48. The average Bonchev–Trinajstić information content (AvgIpc) is 2.98. The first-order valence-corrected chi connectivity index (χ1v) is 10.3. The number of aromatic nitrogens is 2. The molecule has 1 amide bonds. The third-order valence-electron chi connectivity index (χ3n) is 4.81. The van der Waals surface area contributed by atoms with Gasteiger partial charge in [0.05, 0.1) is 17.8 Å². The summed E-state index contributed by atoms with van der Waals surface area (Å²) in [5.74, 6) is 1.14. The lowest BCUT2D eigenvalue weighted by Crippen LogP contribution is -2.49. The first-order valence-electron chi connectivity index (χ1n) is 9.33. The maximum atomic E-state index is 12.9. The van der Waals surface area contributed by atoms with Crippen LogP contribution in [0.5, 0.6) is 0 Å². The van der Waals surface area contributed by atoms with E-state index >= 15 is 0 Å². The lowest BCUT2D eigenvalue weighted by Gasteiger charge is -2.35. The average molecular weight is 373 g/mol. The van der Waals surface area contributed by atoms with E-state index in [9.17, 15) is 4.79 Å². The summed E-state index contributed by atoms with van der Waals surface area (Å²) in [6.07, 6.45) is 0. The Hall–Kier alpha value is -1.79. The van der Waals surface area contributed by atoms with E-state index in [1.807, 2.05) is 36.1 Å². The number of carbonyl (C=O) groups is 1. The highest BCUT2D eigenvalue weighted by Crippen LogP contribution is 2.24. The first kappa shape index (κ1) is 19.0. The Kier molecular flexibility index (Phi) is 6.38. The Balaban J connectivity index is 1.53. The van der Waals surface area contributed by atoms with Gasteiger partial charge < -0.3 is 4.90 Å². The zero-order valence-corrected chi connectivity index (χ0v) is 16.8. The molecule has 1 aromatic heterocycles. The van der Waals surface area contributed by atoms with Crippen LogP contribution in [0.1, 0.15) is 28.7 Å². The molecule has 26 heavy (non-hydrogen) atoms. The zero-order valence-electron chi connectivity index (χ0n) is 15.9. The van der Waals surface area contributed by atoms with Crippen LogP contribution >= 0.6 is 11.8 Å². The molecule has 0 spiro atoms. The Morgan fingerprint density at radius 1 is 1.12 bits per heavy atom. The highest BCUT2D eigenvalue weighted by atomic mass is 32.2. The van der Waals surface area contributed by atoms with E-state index in [4.69, 9.17) is 0 Å². The lowest BCUT2D eigenvalue weighted by molar-refractivity contribution is 0.0628. The molecule has 1 aliphatic rings. The minimum atomic E-state index is 0.166.